The molecular formula is C16H18N6OS. The summed E-state index contributed by atoms with van der Waals surface area (Å²) in [5.41, 5.74) is 2.60. The Morgan fingerprint density at radius 3 is 2.88 bits per heavy atom. The van der Waals surface area contributed by atoms with Gasteiger partial charge < -0.3 is 5.32 Å². The van der Waals surface area contributed by atoms with E-state index in [-0.39, 0.29) is 5.91 Å². The molecule has 2 aromatic heterocycles. The number of thiazole rings is 1. The highest BCUT2D eigenvalue weighted by molar-refractivity contribution is 7.13. The minimum atomic E-state index is -0.0955. The van der Waals surface area contributed by atoms with Gasteiger partial charge in [-0.15, -0.1) is 21.5 Å². The first-order chi connectivity index (χ1) is 11.5. The van der Waals surface area contributed by atoms with Crippen LogP contribution in [0.4, 0.5) is 0 Å². The van der Waals surface area contributed by atoms with Gasteiger partial charge in [0.25, 0.3) is 5.91 Å². The van der Waals surface area contributed by atoms with Crippen molar-refractivity contribution in [1.29, 1.82) is 0 Å². The standard InChI is InChI=1S/C16H18N6OS/c1-9(2)16-18-10(3)13(24-16)15(23)17-8-11-5-4-6-12(7-11)14-19-21-22-20-14/h4-7,9H,8H2,1-3H3,(H,17,23)(H,19,20,21,22). The van der Waals surface area contributed by atoms with Crippen LogP contribution in [0.3, 0.4) is 0 Å². The van der Waals surface area contributed by atoms with Crippen LogP contribution in [0.15, 0.2) is 24.3 Å². The van der Waals surface area contributed by atoms with Gasteiger partial charge in [-0.2, -0.15) is 5.21 Å². The molecule has 0 aliphatic rings. The number of amides is 1. The van der Waals surface area contributed by atoms with Crippen LogP contribution in [-0.2, 0) is 6.54 Å². The zero-order valence-corrected chi connectivity index (χ0v) is 14.5. The fourth-order valence-corrected chi connectivity index (χ4v) is 3.23. The van der Waals surface area contributed by atoms with Crippen LogP contribution in [0.2, 0.25) is 0 Å². The van der Waals surface area contributed by atoms with E-state index in [1.165, 1.54) is 11.3 Å². The van der Waals surface area contributed by atoms with Gasteiger partial charge in [0, 0.05) is 18.0 Å². The summed E-state index contributed by atoms with van der Waals surface area (Å²) in [7, 11) is 0. The normalized spacial score (nSPS) is 11.0. The summed E-state index contributed by atoms with van der Waals surface area (Å²) in [6, 6.07) is 7.69. The number of rotatable bonds is 5. The van der Waals surface area contributed by atoms with Crippen molar-refractivity contribution in [2.75, 3.05) is 0 Å². The lowest BCUT2D eigenvalue weighted by atomic mass is 10.1. The van der Waals surface area contributed by atoms with Gasteiger partial charge in [-0.05, 0) is 23.8 Å². The van der Waals surface area contributed by atoms with Crippen molar-refractivity contribution in [2.45, 2.75) is 33.2 Å². The van der Waals surface area contributed by atoms with E-state index >= 15 is 0 Å². The molecule has 1 aromatic carbocycles. The zero-order valence-electron chi connectivity index (χ0n) is 13.7. The number of tetrazole rings is 1. The summed E-state index contributed by atoms with van der Waals surface area (Å²) < 4.78 is 0. The van der Waals surface area contributed by atoms with Gasteiger partial charge in [0.15, 0.2) is 0 Å². The Morgan fingerprint density at radius 2 is 2.21 bits per heavy atom. The molecule has 0 radical (unpaired) electrons. The fourth-order valence-electron chi connectivity index (χ4n) is 2.24. The highest BCUT2D eigenvalue weighted by Crippen LogP contribution is 2.24. The summed E-state index contributed by atoms with van der Waals surface area (Å²) in [4.78, 5) is 17.5. The number of aromatic nitrogens is 5. The maximum atomic E-state index is 12.4. The summed E-state index contributed by atoms with van der Waals surface area (Å²) in [5, 5.41) is 17.8. The molecule has 7 nitrogen and oxygen atoms in total. The third kappa shape index (κ3) is 3.48. The Morgan fingerprint density at radius 1 is 1.38 bits per heavy atom. The van der Waals surface area contributed by atoms with Crippen LogP contribution in [0.1, 0.15) is 45.7 Å². The monoisotopic (exact) mass is 342 g/mol. The van der Waals surface area contributed by atoms with Gasteiger partial charge in [-0.25, -0.2) is 4.98 Å². The number of carbonyl (C=O) groups is 1. The molecule has 2 N–H and O–H groups in total. The van der Waals surface area contributed by atoms with Crippen LogP contribution < -0.4 is 5.32 Å². The lowest BCUT2D eigenvalue weighted by Gasteiger charge is -2.05. The van der Waals surface area contributed by atoms with Crippen molar-refractivity contribution in [2.24, 2.45) is 0 Å². The van der Waals surface area contributed by atoms with Crippen molar-refractivity contribution in [1.82, 2.24) is 30.9 Å². The van der Waals surface area contributed by atoms with Crippen molar-refractivity contribution in [3.8, 4) is 11.4 Å². The van der Waals surface area contributed by atoms with Gasteiger partial charge in [0.05, 0.1) is 10.7 Å². The average molecular weight is 342 g/mol. The number of aryl methyl sites for hydroxylation is 1. The molecule has 0 bridgehead atoms. The first kappa shape index (κ1) is 16.3. The van der Waals surface area contributed by atoms with Gasteiger partial charge in [-0.1, -0.05) is 32.0 Å². The molecule has 24 heavy (non-hydrogen) atoms. The number of carbonyl (C=O) groups excluding carboxylic acids is 1. The molecule has 0 spiro atoms. The molecule has 0 unspecified atom stereocenters. The van der Waals surface area contributed by atoms with Gasteiger partial charge in [0.2, 0.25) is 5.82 Å². The van der Waals surface area contributed by atoms with Crippen LogP contribution in [0.5, 0.6) is 0 Å². The molecule has 0 aliphatic carbocycles. The molecule has 1 amide bonds. The summed E-state index contributed by atoms with van der Waals surface area (Å²) in [6.45, 7) is 6.44. The molecule has 0 atom stereocenters. The molecule has 0 aliphatic heterocycles. The number of hydrogen-bond acceptors (Lipinski definition) is 6. The molecule has 0 fully saturated rings. The van der Waals surface area contributed by atoms with Gasteiger partial charge >= 0.3 is 0 Å². The lowest BCUT2D eigenvalue weighted by Crippen LogP contribution is -2.22. The molecule has 3 aromatic rings. The predicted octanol–water partition coefficient (Wildman–Crippen LogP) is 2.69. The van der Waals surface area contributed by atoms with Crippen molar-refractivity contribution >= 4 is 17.2 Å². The van der Waals surface area contributed by atoms with E-state index in [9.17, 15) is 4.79 Å². The van der Waals surface area contributed by atoms with Crippen molar-refractivity contribution in [3.63, 3.8) is 0 Å². The zero-order chi connectivity index (χ0) is 17.1. The number of benzene rings is 1. The number of nitrogens with zero attached hydrogens (tertiary/aromatic N) is 4. The largest absolute Gasteiger partial charge is 0.347 e. The fraction of sp³-hybridized carbons (Fsp3) is 0.312. The quantitative estimate of drug-likeness (QED) is 0.743. The van der Waals surface area contributed by atoms with E-state index in [4.69, 9.17) is 0 Å². The first-order valence-electron chi connectivity index (χ1n) is 7.63. The van der Waals surface area contributed by atoms with Gasteiger partial charge in [0.1, 0.15) is 4.88 Å². The minimum absolute atomic E-state index is 0.0955. The van der Waals surface area contributed by atoms with E-state index in [0.717, 1.165) is 21.8 Å². The second-order valence-electron chi connectivity index (χ2n) is 5.74. The summed E-state index contributed by atoms with van der Waals surface area (Å²) in [5.74, 6) is 0.756. The van der Waals surface area contributed by atoms with Crippen LogP contribution in [-0.4, -0.2) is 31.5 Å². The predicted molar refractivity (Wildman–Crippen MR) is 91.7 cm³/mol. The maximum absolute atomic E-state index is 12.4. The van der Waals surface area contributed by atoms with E-state index in [1.54, 1.807) is 0 Å². The Kier molecular flexibility index (Phi) is 4.66. The molecule has 2 heterocycles. The number of nitrogens with one attached hydrogen (secondary N) is 2. The molecule has 124 valence electrons. The highest BCUT2D eigenvalue weighted by Gasteiger charge is 2.16. The third-order valence-corrected chi connectivity index (χ3v) is 4.95. The van der Waals surface area contributed by atoms with Crippen LogP contribution in [0, 0.1) is 6.92 Å². The van der Waals surface area contributed by atoms with E-state index in [1.807, 2.05) is 31.2 Å². The van der Waals surface area contributed by atoms with E-state index < -0.39 is 0 Å². The lowest BCUT2D eigenvalue weighted by molar-refractivity contribution is 0.0954. The average Bonchev–Trinajstić information content (AvgIpc) is 3.22. The minimum Gasteiger partial charge on any atom is -0.347 e. The number of H-pyrrole nitrogens is 1. The maximum Gasteiger partial charge on any atom is 0.263 e. The van der Waals surface area contributed by atoms with Crippen molar-refractivity contribution in [3.05, 3.63) is 45.4 Å². The van der Waals surface area contributed by atoms with Crippen molar-refractivity contribution < 1.29 is 4.79 Å². The summed E-state index contributed by atoms with van der Waals surface area (Å²) >= 11 is 1.46. The second kappa shape index (κ2) is 6.88. The number of hydrogen-bond donors (Lipinski definition) is 2. The van der Waals surface area contributed by atoms with E-state index in [0.29, 0.717) is 23.2 Å². The Bertz CT molecular complexity index is 840. The SMILES string of the molecule is Cc1nc(C(C)C)sc1C(=O)NCc1cccc(-c2nn[nH]n2)c1. The van der Waals surface area contributed by atoms with E-state index in [2.05, 4.69) is 44.8 Å². The first-order valence-corrected chi connectivity index (χ1v) is 8.44. The molecule has 3 rings (SSSR count). The smallest absolute Gasteiger partial charge is 0.263 e. The highest BCUT2D eigenvalue weighted by atomic mass is 32.1. The Labute approximate surface area is 143 Å². The van der Waals surface area contributed by atoms with Crippen LogP contribution in [0.25, 0.3) is 11.4 Å². The second-order valence-corrected chi connectivity index (χ2v) is 6.77. The van der Waals surface area contributed by atoms with Crippen LogP contribution >= 0.6 is 11.3 Å². The molecule has 0 saturated heterocycles. The third-order valence-electron chi connectivity index (χ3n) is 3.50. The Hall–Kier alpha value is -2.61. The Balaban J connectivity index is 1.70. The summed E-state index contributed by atoms with van der Waals surface area (Å²) in [6.07, 6.45) is 0. The van der Waals surface area contributed by atoms with Gasteiger partial charge in [-0.3, -0.25) is 4.79 Å². The topological polar surface area (TPSA) is 96.5 Å². The molecule has 0 saturated carbocycles. The molecule has 8 heteroatoms. The molecular weight excluding hydrogens is 324 g/mol. The number of aromatic amines is 1.